The number of fused-ring (bicyclic) bond motifs is 2. The van der Waals surface area contributed by atoms with Crippen LogP contribution in [-0.4, -0.2) is 105 Å². The van der Waals surface area contributed by atoms with E-state index in [4.69, 9.17) is 25.9 Å². The predicted molar refractivity (Wildman–Crippen MR) is 199 cm³/mol. The van der Waals surface area contributed by atoms with Crippen molar-refractivity contribution in [2.45, 2.75) is 94.7 Å². The Labute approximate surface area is 313 Å². The Kier molecular flexibility index (Phi) is 9.91. The van der Waals surface area contributed by atoms with E-state index in [1.165, 1.54) is 35.2 Å². The third kappa shape index (κ3) is 7.02. The minimum atomic E-state index is -1.05. The zero-order valence-electron chi connectivity index (χ0n) is 30.9. The van der Waals surface area contributed by atoms with Crippen LogP contribution in [0.3, 0.4) is 0 Å². The van der Waals surface area contributed by atoms with Gasteiger partial charge in [-0.15, -0.1) is 6.42 Å². The molecule has 7 rings (SSSR count). The number of anilines is 2. The van der Waals surface area contributed by atoms with E-state index in [0.29, 0.717) is 31.3 Å². The number of alkyl halides is 1. The Balaban J connectivity index is 1.24. The molecule has 2 N–H and O–H groups in total. The highest BCUT2D eigenvalue weighted by Gasteiger charge is 2.48. The molecule has 2 aromatic carbocycles. The fourth-order valence-corrected chi connectivity index (χ4v) is 8.71. The number of likely N-dealkylation sites (N-methyl/N-ethyl adjacent to an activating group) is 1. The molecule has 0 spiro atoms. The third-order valence-corrected chi connectivity index (χ3v) is 11.5. The first-order valence-corrected chi connectivity index (χ1v) is 18.4. The summed E-state index contributed by atoms with van der Waals surface area (Å²) in [4.78, 5) is 42.8. The Morgan fingerprint density at radius 3 is 2.72 bits per heavy atom. The van der Waals surface area contributed by atoms with Gasteiger partial charge in [-0.1, -0.05) is 18.6 Å². The van der Waals surface area contributed by atoms with Gasteiger partial charge in [0.05, 0.1) is 28.9 Å². The standard InChI is InChI=1S/C40H46F2N6O6/c1-6-29-30(42)11-10-24-17-28(49)18-32(34(24)29)47-22-31-35(54-38(47)51)36(45(5)21-27-9-8-16-46(27)33(50)7-2)44-37(43-31)53-23-39(3)19-25(41)20-48(39)26-12-14-40(4,52)15-13-26/h1,7,10-11,17-18,25-27,49,52H,2,8-9,12-16,19-23H2,3-5H3/t25-,26?,27+,39+,40?/m1/s1. The molecule has 3 atom stereocenters. The zero-order chi connectivity index (χ0) is 38.5. The van der Waals surface area contributed by atoms with Crippen LogP contribution in [0.4, 0.5) is 25.1 Å². The maximum Gasteiger partial charge on any atom is 0.420 e. The molecular formula is C40H46F2N6O6. The van der Waals surface area contributed by atoms with E-state index < -0.39 is 29.2 Å². The topological polar surface area (TPSA) is 132 Å². The number of halogens is 2. The average molecular weight is 745 g/mol. The highest BCUT2D eigenvalue weighted by atomic mass is 19.1. The van der Waals surface area contributed by atoms with Crippen LogP contribution in [0.2, 0.25) is 0 Å². The first-order chi connectivity index (χ1) is 25.7. The summed E-state index contributed by atoms with van der Waals surface area (Å²) in [6, 6.07) is 5.31. The molecule has 3 fully saturated rings. The number of likely N-dealkylation sites (tertiary alicyclic amines) is 2. The number of aliphatic hydroxyl groups is 1. The lowest BCUT2D eigenvalue weighted by molar-refractivity contribution is -0.126. The summed E-state index contributed by atoms with van der Waals surface area (Å²) in [7, 11) is 1.78. The Morgan fingerprint density at radius 1 is 1.24 bits per heavy atom. The highest BCUT2D eigenvalue weighted by molar-refractivity contribution is 6.06. The fourth-order valence-electron chi connectivity index (χ4n) is 8.71. The number of phenolic OH excluding ortho intramolecular Hbond substituents is 1. The lowest BCUT2D eigenvalue weighted by Gasteiger charge is -2.44. The minimum Gasteiger partial charge on any atom is -0.508 e. The van der Waals surface area contributed by atoms with Crippen molar-refractivity contribution in [3.8, 4) is 29.9 Å². The van der Waals surface area contributed by atoms with Crippen molar-refractivity contribution in [1.29, 1.82) is 0 Å². The first kappa shape index (κ1) is 37.3. The number of aromatic nitrogens is 2. The molecule has 14 heteroatoms. The smallest absolute Gasteiger partial charge is 0.420 e. The Hall–Kier alpha value is -5.00. The SMILES string of the molecule is C#Cc1c(F)ccc2cc(O)cc(N3Cc4nc(OC[C@]5(C)C[C@@H](F)CN5C5CCC(C)(O)CC5)nc(N(C)C[C@@H]5CCCN5C(=O)C=C)c4OC3=O)c12. The minimum absolute atomic E-state index is 0.0230. The van der Waals surface area contributed by atoms with Crippen LogP contribution in [0.5, 0.6) is 17.5 Å². The monoisotopic (exact) mass is 744 g/mol. The summed E-state index contributed by atoms with van der Waals surface area (Å²) in [6.45, 7) is 8.54. The van der Waals surface area contributed by atoms with Gasteiger partial charge in [0.15, 0.2) is 11.6 Å². The number of carbonyl (C=O) groups is 2. The second kappa shape index (κ2) is 14.3. The van der Waals surface area contributed by atoms with Crippen molar-refractivity contribution in [3.05, 3.63) is 54.0 Å². The number of hydrogen-bond acceptors (Lipinski definition) is 10. The molecule has 0 radical (unpaired) electrons. The predicted octanol–water partition coefficient (Wildman–Crippen LogP) is 5.46. The van der Waals surface area contributed by atoms with Crippen molar-refractivity contribution in [2.75, 3.05) is 43.1 Å². The quantitative estimate of drug-likeness (QED) is 0.215. The maximum absolute atomic E-state index is 15.1. The number of ether oxygens (including phenoxy) is 2. The van der Waals surface area contributed by atoms with Crippen molar-refractivity contribution >= 4 is 34.3 Å². The largest absolute Gasteiger partial charge is 0.508 e. The molecule has 1 aromatic heterocycles. The van der Waals surface area contributed by atoms with Gasteiger partial charge >= 0.3 is 12.1 Å². The zero-order valence-corrected chi connectivity index (χ0v) is 30.9. The van der Waals surface area contributed by atoms with Crippen LogP contribution in [-0.2, 0) is 11.3 Å². The number of carbonyl (C=O) groups excluding carboxylic acids is 2. The van der Waals surface area contributed by atoms with E-state index in [2.05, 4.69) is 17.4 Å². The molecular weight excluding hydrogens is 698 g/mol. The summed E-state index contributed by atoms with van der Waals surface area (Å²) in [5.74, 6) is 1.70. The molecule has 3 aliphatic heterocycles. The molecule has 4 heterocycles. The van der Waals surface area contributed by atoms with Gasteiger partial charge in [0.2, 0.25) is 5.91 Å². The van der Waals surface area contributed by atoms with Crippen molar-refractivity contribution < 1.29 is 38.1 Å². The van der Waals surface area contributed by atoms with E-state index in [0.717, 1.165) is 25.7 Å². The third-order valence-electron chi connectivity index (χ3n) is 11.5. The van der Waals surface area contributed by atoms with Gasteiger partial charge in [-0.25, -0.2) is 13.6 Å². The van der Waals surface area contributed by atoms with Gasteiger partial charge in [-0.3, -0.25) is 14.6 Å². The first-order valence-electron chi connectivity index (χ1n) is 18.4. The summed E-state index contributed by atoms with van der Waals surface area (Å²) in [6.07, 6.45) is 9.68. The Morgan fingerprint density at radius 2 is 2.00 bits per heavy atom. The normalized spacial score (nSPS) is 27.1. The maximum atomic E-state index is 15.1. The van der Waals surface area contributed by atoms with Crippen LogP contribution in [0.1, 0.15) is 70.1 Å². The summed E-state index contributed by atoms with van der Waals surface area (Å²) >= 11 is 0. The summed E-state index contributed by atoms with van der Waals surface area (Å²) in [5.41, 5.74) is -1.10. The number of benzene rings is 2. The second-order valence-corrected chi connectivity index (χ2v) is 15.6. The van der Waals surface area contributed by atoms with Crippen molar-refractivity contribution in [1.82, 2.24) is 19.8 Å². The fraction of sp³-hybridized carbons (Fsp3) is 0.500. The molecule has 1 aliphatic carbocycles. The van der Waals surface area contributed by atoms with Crippen LogP contribution in [0.15, 0.2) is 36.9 Å². The molecule has 4 aliphatic rings. The van der Waals surface area contributed by atoms with Crippen LogP contribution < -0.4 is 19.3 Å². The van der Waals surface area contributed by atoms with E-state index in [9.17, 15) is 24.2 Å². The van der Waals surface area contributed by atoms with Crippen LogP contribution in [0, 0.1) is 18.2 Å². The lowest BCUT2D eigenvalue weighted by atomic mass is 9.82. The molecule has 54 heavy (non-hydrogen) atoms. The van der Waals surface area contributed by atoms with E-state index in [-0.39, 0.29) is 89.8 Å². The number of hydrogen-bond donors (Lipinski definition) is 2. The van der Waals surface area contributed by atoms with Gasteiger partial charge in [-0.05, 0) is 76.0 Å². The van der Waals surface area contributed by atoms with Gasteiger partial charge in [0.25, 0.3) is 0 Å². The number of aromatic hydroxyl groups is 1. The summed E-state index contributed by atoms with van der Waals surface area (Å²) < 4.78 is 42.4. The Bertz CT molecular complexity index is 2030. The van der Waals surface area contributed by atoms with E-state index in [1.54, 1.807) is 16.8 Å². The number of amides is 2. The van der Waals surface area contributed by atoms with Gasteiger partial charge in [0, 0.05) is 56.6 Å². The van der Waals surface area contributed by atoms with Crippen LogP contribution in [0.25, 0.3) is 10.8 Å². The van der Waals surface area contributed by atoms with Crippen molar-refractivity contribution in [3.63, 3.8) is 0 Å². The van der Waals surface area contributed by atoms with Gasteiger partial charge in [-0.2, -0.15) is 9.97 Å². The number of phenols is 1. The molecule has 286 valence electrons. The van der Waals surface area contributed by atoms with E-state index >= 15 is 4.39 Å². The average Bonchev–Trinajstić information content (AvgIpc) is 3.72. The molecule has 0 unspecified atom stereocenters. The van der Waals surface area contributed by atoms with Gasteiger partial charge in [0.1, 0.15) is 30.0 Å². The lowest BCUT2D eigenvalue weighted by Crippen LogP contribution is -2.53. The van der Waals surface area contributed by atoms with Crippen LogP contribution >= 0.6 is 0 Å². The second-order valence-electron chi connectivity index (χ2n) is 15.6. The number of terminal acetylenes is 1. The summed E-state index contributed by atoms with van der Waals surface area (Å²) in [5, 5.41) is 21.9. The van der Waals surface area contributed by atoms with Gasteiger partial charge < -0.3 is 29.5 Å². The molecule has 0 bridgehead atoms. The van der Waals surface area contributed by atoms with E-state index in [1.807, 2.05) is 13.8 Å². The highest BCUT2D eigenvalue weighted by Crippen LogP contribution is 2.43. The molecule has 12 nitrogen and oxygen atoms in total. The molecule has 3 aromatic rings. The molecule has 2 amide bonds. The number of nitrogens with zero attached hydrogens (tertiary/aromatic N) is 6. The molecule has 2 saturated heterocycles. The molecule has 1 saturated carbocycles. The number of rotatable bonds is 9. The van der Waals surface area contributed by atoms with Crippen molar-refractivity contribution in [2.24, 2.45) is 0 Å².